The van der Waals surface area contributed by atoms with Crippen molar-refractivity contribution in [3.8, 4) is 0 Å². The van der Waals surface area contributed by atoms with Crippen LogP contribution >= 0.6 is 23.2 Å². The average Bonchev–Trinajstić information content (AvgIpc) is 2.35. The quantitative estimate of drug-likeness (QED) is 0.668. The van der Waals surface area contributed by atoms with Gasteiger partial charge >= 0.3 is 0 Å². The average molecular weight is 301 g/mol. The Morgan fingerprint density at radius 3 is 2.32 bits per heavy atom. The number of allylic oxidation sites excluding steroid dienone is 1. The molecule has 1 rings (SSSR count). The second-order valence-electron chi connectivity index (χ2n) is 4.43. The summed E-state index contributed by atoms with van der Waals surface area (Å²) in [6, 6.07) is 9.65. The lowest BCUT2D eigenvalue weighted by molar-refractivity contribution is -0.117. The van der Waals surface area contributed by atoms with Crippen LogP contribution in [0.15, 0.2) is 42.1 Å². The molecule has 0 aliphatic heterocycles. The zero-order valence-electron chi connectivity index (χ0n) is 11.2. The zero-order valence-corrected chi connectivity index (χ0v) is 12.7. The normalized spacial score (nSPS) is 11.8. The molecule has 0 fully saturated rings. The van der Waals surface area contributed by atoms with Crippen LogP contribution in [0.25, 0.3) is 0 Å². The largest absolute Gasteiger partial charge is 0.350 e. The van der Waals surface area contributed by atoms with E-state index in [-0.39, 0.29) is 11.9 Å². The second kappa shape index (κ2) is 7.41. The molecule has 3 nitrogen and oxygen atoms in total. The van der Waals surface area contributed by atoms with Crippen LogP contribution in [-0.2, 0) is 4.79 Å². The van der Waals surface area contributed by atoms with Gasteiger partial charge < -0.3 is 10.2 Å². The number of nitrogens with zero attached hydrogens (tertiary/aromatic N) is 1. The van der Waals surface area contributed by atoms with Crippen molar-refractivity contribution in [2.24, 2.45) is 0 Å². The number of carbonyl (C=O) groups is 1. The number of carbonyl (C=O) groups excluding carboxylic acids is 1. The Bertz CT molecular complexity index is 444. The van der Waals surface area contributed by atoms with E-state index in [0.29, 0.717) is 5.70 Å². The van der Waals surface area contributed by atoms with Crippen LogP contribution in [0.3, 0.4) is 0 Å². The summed E-state index contributed by atoms with van der Waals surface area (Å²) < 4.78 is 0. The van der Waals surface area contributed by atoms with Crippen molar-refractivity contribution in [2.75, 3.05) is 11.9 Å². The van der Waals surface area contributed by atoms with Crippen LogP contribution in [-0.4, -0.2) is 23.8 Å². The summed E-state index contributed by atoms with van der Waals surface area (Å²) in [5.41, 5.74) is 1.45. The smallest absolute Gasteiger partial charge is 0.246 e. The standard InChI is InChI=1S/C14H18Cl2N2O/c1-10(2)17-13(19)9-12(14(15)16)18(3)11-7-5-4-6-8-11/h4-10,14H,1-3H3,(H,17,19)/b12-9+. The minimum atomic E-state index is -0.775. The number of amides is 1. The van der Waals surface area contributed by atoms with E-state index in [4.69, 9.17) is 23.2 Å². The van der Waals surface area contributed by atoms with Crippen molar-refractivity contribution < 1.29 is 4.79 Å². The predicted molar refractivity (Wildman–Crippen MR) is 81.7 cm³/mol. The summed E-state index contributed by atoms with van der Waals surface area (Å²) in [6.45, 7) is 3.79. The van der Waals surface area contributed by atoms with Gasteiger partial charge in [-0.3, -0.25) is 4.79 Å². The number of nitrogens with one attached hydrogen (secondary N) is 1. The van der Waals surface area contributed by atoms with Crippen LogP contribution in [0.1, 0.15) is 13.8 Å². The molecule has 0 atom stereocenters. The Labute approximate surface area is 124 Å². The number of hydrogen-bond acceptors (Lipinski definition) is 2. The van der Waals surface area contributed by atoms with Crippen molar-refractivity contribution >= 4 is 34.8 Å². The molecule has 0 heterocycles. The van der Waals surface area contributed by atoms with E-state index in [1.807, 2.05) is 51.2 Å². The van der Waals surface area contributed by atoms with E-state index >= 15 is 0 Å². The van der Waals surface area contributed by atoms with Gasteiger partial charge in [0.05, 0.1) is 5.70 Å². The molecule has 0 spiro atoms. The van der Waals surface area contributed by atoms with Crippen molar-refractivity contribution in [1.82, 2.24) is 5.32 Å². The van der Waals surface area contributed by atoms with Crippen molar-refractivity contribution in [2.45, 2.75) is 24.7 Å². The molecule has 0 bridgehead atoms. The van der Waals surface area contributed by atoms with E-state index in [0.717, 1.165) is 5.69 Å². The Kier molecular flexibility index (Phi) is 6.19. The number of benzene rings is 1. The highest BCUT2D eigenvalue weighted by molar-refractivity contribution is 6.46. The van der Waals surface area contributed by atoms with Crippen LogP contribution in [0.2, 0.25) is 0 Å². The predicted octanol–water partition coefficient (Wildman–Crippen LogP) is 3.34. The maximum Gasteiger partial charge on any atom is 0.246 e. The van der Waals surface area contributed by atoms with Gasteiger partial charge in [-0.15, -0.1) is 0 Å². The first-order valence-electron chi connectivity index (χ1n) is 6.01. The number of rotatable bonds is 5. The van der Waals surface area contributed by atoms with Gasteiger partial charge in [-0.05, 0) is 26.0 Å². The van der Waals surface area contributed by atoms with Gasteiger partial charge in [0.2, 0.25) is 5.91 Å². The highest BCUT2D eigenvalue weighted by Crippen LogP contribution is 2.23. The first-order chi connectivity index (χ1) is 8.91. The molecule has 104 valence electrons. The minimum absolute atomic E-state index is 0.0659. The highest BCUT2D eigenvalue weighted by atomic mass is 35.5. The topological polar surface area (TPSA) is 32.3 Å². The first kappa shape index (κ1) is 15.9. The Morgan fingerprint density at radius 2 is 1.84 bits per heavy atom. The van der Waals surface area contributed by atoms with Crippen LogP contribution < -0.4 is 10.2 Å². The van der Waals surface area contributed by atoms with Crippen LogP contribution in [0, 0.1) is 0 Å². The second-order valence-corrected chi connectivity index (χ2v) is 5.52. The summed E-state index contributed by atoms with van der Waals surface area (Å²) >= 11 is 11.9. The van der Waals surface area contributed by atoms with Gasteiger partial charge in [-0.2, -0.15) is 0 Å². The van der Waals surface area contributed by atoms with E-state index in [1.54, 1.807) is 4.90 Å². The molecule has 19 heavy (non-hydrogen) atoms. The van der Waals surface area contributed by atoms with Crippen molar-refractivity contribution in [1.29, 1.82) is 0 Å². The molecule has 0 saturated carbocycles. The Hall–Kier alpha value is -1.19. The van der Waals surface area contributed by atoms with Gasteiger partial charge in [0.15, 0.2) is 0 Å². The maximum absolute atomic E-state index is 11.8. The third-order valence-corrected chi connectivity index (χ3v) is 2.91. The molecule has 1 N–H and O–H groups in total. The third-order valence-electron chi connectivity index (χ3n) is 2.46. The van der Waals surface area contributed by atoms with Gasteiger partial charge in [0.25, 0.3) is 0 Å². The monoisotopic (exact) mass is 300 g/mol. The summed E-state index contributed by atoms with van der Waals surface area (Å²) in [5.74, 6) is -0.209. The molecule has 0 aromatic heterocycles. The highest BCUT2D eigenvalue weighted by Gasteiger charge is 2.16. The van der Waals surface area contributed by atoms with Gasteiger partial charge in [-0.25, -0.2) is 0 Å². The van der Waals surface area contributed by atoms with Gasteiger partial charge in [0.1, 0.15) is 4.84 Å². The maximum atomic E-state index is 11.8. The van der Waals surface area contributed by atoms with Gasteiger partial charge in [0, 0.05) is 24.9 Å². The summed E-state index contributed by atoms with van der Waals surface area (Å²) in [4.78, 5) is 12.8. The van der Waals surface area contributed by atoms with E-state index in [9.17, 15) is 4.79 Å². The molecule has 0 aliphatic carbocycles. The number of anilines is 1. The SMILES string of the molecule is CC(C)NC(=O)/C=C(\C(Cl)Cl)N(C)c1ccccc1. The molecular formula is C14H18Cl2N2O. The Balaban J connectivity index is 2.95. The van der Waals surface area contributed by atoms with E-state index in [2.05, 4.69) is 5.32 Å². The first-order valence-corrected chi connectivity index (χ1v) is 6.88. The number of para-hydroxylation sites is 1. The molecule has 0 radical (unpaired) electrons. The summed E-state index contributed by atoms with van der Waals surface area (Å²) in [5, 5.41) is 2.78. The van der Waals surface area contributed by atoms with Crippen molar-refractivity contribution in [3.05, 3.63) is 42.1 Å². The molecule has 5 heteroatoms. The molecule has 1 amide bonds. The third kappa shape index (κ3) is 5.13. The zero-order chi connectivity index (χ0) is 14.4. The van der Waals surface area contributed by atoms with Gasteiger partial charge in [-0.1, -0.05) is 41.4 Å². The lowest BCUT2D eigenvalue weighted by atomic mass is 10.2. The fourth-order valence-corrected chi connectivity index (χ4v) is 1.99. The number of hydrogen-bond donors (Lipinski definition) is 1. The van der Waals surface area contributed by atoms with Crippen molar-refractivity contribution in [3.63, 3.8) is 0 Å². The molecule has 0 aliphatic rings. The van der Waals surface area contributed by atoms with E-state index < -0.39 is 4.84 Å². The lowest BCUT2D eigenvalue weighted by Crippen LogP contribution is -2.31. The number of alkyl halides is 2. The van der Waals surface area contributed by atoms with E-state index in [1.165, 1.54) is 6.08 Å². The molecular weight excluding hydrogens is 283 g/mol. The summed E-state index contributed by atoms with van der Waals surface area (Å²) in [6.07, 6.45) is 1.43. The van der Waals surface area contributed by atoms with Crippen LogP contribution in [0.5, 0.6) is 0 Å². The number of halogens is 2. The Morgan fingerprint density at radius 1 is 1.26 bits per heavy atom. The minimum Gasteiger partial charge on any atom is -0.350 e. The molecule has 0 unspecified atom stereocenters. The van der Waals surface area contributed by atoms with Crippen LogP contribution in [0.4, 0.5) is 5.69 Å². The molecule has 0 saturated heterocycles. The lowest BCUT2D eigenvalue weighted by Gasteiger charge is -2.23. The molecule has 1 aromatic carbocycles. The molecule has 1 aromatic rings. The fourth-order valence-electron chi connectivity index (χ4n) is 1.57. The summed E-state index contributed by atoms with van der Waals surface area (Å²) in [7, 11) is 1.82. The fraction of sp³-hybridized carbons (Fsp3) is 0.357.